The molecule has 3 heteroatoms. The van der Waals surface area contributed by atoms with Crippen molar-refractivity contribution in [3.05, 3.63) is 30.1 Å². The van der Waals surface area contributed by atoms with Gasteiger partial charge < -0.3 is 9.47 Å². The van der Waals surface area contributed by atoms with E-state index in [0.29, 0.717) is 5.75 Å². The molecule has 0 N–H and O–H groups in total. The molecular formula is C11H13FO2. The molecule has 76 valence electrons. The standard InChI is InChI=1S/C11H13FO2/c1-11(2,10-7-13-10)14-9-5-3-8(12)4-6-9/h3-6,10H,7H2,1-2H3. The molecule has 0 amide bonds. The first kappa shape index (κ1) is 9.46. The van der Waals surface area contributed by atoms with Crippen LogP contribution in [0.25, 0.3) is 0 Å². The van der Waals surface area contributed by atoms with E-state index in [9.17, 15) is 4.39 Å². The molecule has 1 aromatic carbocycles. The van der Waals surface area contributed by atoms with E-state index in [0.717, 1.165) is 6.61 Å². The van der Waals surface area contributed by atoms with Gasteiger partial charge in [0.15, 0.2) is 0 Å². The molecule has 0 aromatic heterocycles. The fraction of sp³-hybridized carbons (Fsp3) is 0.455. The number of halogens is 1. The molecule has 0 spiro atoms. The number of rotatable bonds is 3. The van der Waals surface area contributed by atoms with Crippen LogP contribution >= 0.6 is 0 Å². The smallest absolute Gasteiger partial charge is 0.132 e. The quantitative estimate of drug-likeness (QED) is 0.692. The minimum absolute atomic E-state index is 0.160. The SMILES string of the molecule is CC(C)(Oc1ccc(F)cc1)C1CO1. The van der Waals surface area contributed by atoms with Crippen LogP contribution < -0.4 is 4.74 Å². The average molecular weight is 196 g/mol. The van der Waals surface area contributed by atoms with Gasteiger partial charge in [0, 0.05) is 0 Å². The van der Waals surface area contributed by atoms with Crippen LogP contribution in [0.2, 0.25) is 0 Å². The van der Waals surface area contributed by atoms with Gasteiger partial charge in [0.25, 0.3) is 0 Å². The summed E-state index contributed by atoms with van der Waals surface area (Å²) in [6, 6.07) is 6.03. The Kier molecular flexibility index (Phi) is 2.19. The lowest BCUT2D eigenvalue weighted by Gasteiger charge is -2.24. The van der Waals surface area contributed by atoms with Crippen LogP contribution in [-0.2, 0) is 4.74 Å². The number of hydrogen-bond acceptors (Lipinski definition) is 2. The van der Waals surface area contributed by atoms with Crippen LogP contribution in [0.1, 0.15) is 13.8 Å². The van der Waals surface area contributed by atoms with Crippen molar-refractivity contribution in [1.29, 1.82) is 0 Å². The van der Waals surface area contributed by atoms with Gasteiger partial charge in [-0.15, -0.1) is 0 Å². The number of benzene rings is 1. The Bertz CT molecular complexity index is 315. The van der Waals surface area contributed by atoms with Crippen molar-refractivity contribution in [1.82, 2.24) is 0 Å². The summed E-state index contributed by atoms with van der Waals surface area (Å²) in [7, 11) is 0. The van der Waals surface area contributed by atoms with E-state index >= 15 is 0 Å². The highest BCUT2D eigenvalue weighted by molar-refractivity contribution is 5.23. The minimum Gasteiger partial charge on any atom is -0.485 e. The van der Waals surface area contributed by atoms with Crippen molar-refractivity contribution >= 4 is 0 Å². The molecule has 0 aliphatic carbocycles. The second-order valence-corrected chi connectivity index (χ2v) is 3.98. The maximum Gasteiger partial charge on any atom is 0.132 e. The molecule has 1 atom stereocenters. The first-order valence-corrected chi connectivity index (χ1v) is 4.64. The summed E-state index contributed by atoms with van der Waals surface area (Å²) in [6.45, 7) is 4.68. The van der Waals surface area contributed by atoms with Crippen LogP contribution in [0.15, 0.2) is 24.3 Å². The number of epoxide rings is 1. The third kappa shape index (κ3) is 2.04. The van der Waals surface area contributed by atoms with Gasteiger partial charge >= 0.3 is 0 Å². The van der Waals surface area contributed by atoms with E-state index in [1.807, 2.05) is 13.8 Å². The van der Waals surface area contributed by atoms with Crippen molar-refractivity contribution in [3.63, 3.8) is 0 Å². The van der Waals surface area contributed by atoms with E-state index in [1.54, 1.807) is 12.1 Å². The molecule has 1 aliphatic heterocycles. The minimum atomic E-state index is -0.335. The van der Waals surface area contributed by atoms with Gasteiger partial charge in [-0.25, -0.2) is 4.39 Å². The van der Waals surface area contributed by atoms with Gasteiger partial charge in [-0.1, -0.05) is 0 Å². The van der Waals surface area contributed by atoms with E-state index in [-0.39, 0.29) is 17.5 Å². The molecule has 1 heterocycles. The van der Waals surface area contributed by atoms with Crippen molar-refractivity contribution in [3.8, 4) is 5.75 Å². The molecule has 1 unspecified atom stereocenters. The molecule has 0 bridgehead atoms. The maximum atomic E-state index is 12.6. The Morgan fingerprint density at radius 1 is 1.36 bits per heavy atom. The highest BCUT2D eigenvalue weighted by Gasteiger charge is 2.41. The Labute approximate surface area is 82.6 Å². The molecule has 1 aromatic rings. The topological polar surface area (TPSA) is 21.8 Å². The normalized spacial score (nSPS) is 20.6. The van der Waals surface area contributed by atoms with Crippen molar-refractivity contribution in [2.75, 3.05) is 6.61 Å². The van der Waals surface area contributed by atoms with E-state index < -0.39 is 0 Å². The highest BCUT2D eigenvalue weighted by Crippen LogP contribution is 2.29. The van der Waals surface area contributed by atoms with E-state index in [1.165, 1.54) is 12.1 Å². The summed E-state index contributed by atoms with van der Waals surface area (Å²) in [5.41, 5.74) is -0.335. The van der Waals surface area contributed by atoms with Gasteiger partial charge in [0.1, 0.15) is 23.3 Å². The molecule has 14 heavy (non-hydrogen) atoms. The lowest BCUT2D eigenvalue weighted by atomic mass is 10.1. The molecule has 1 fully saturated rings. The molecule has 2 rings (SSSR count). The summed E-state index contributed by atoms with van der Waals surface area (Å²) in [6.07, 6.45) is 0.160. The van der Waals surface area contributed by atoms with Crippen LogP contribution in [-0.4, -0.2) is 18.3 Å². The second-order valence-electron chi connectivity index (χ2n) is 3.98. The summed E-state index contributed by atoms with van der Waals surface area (Å²) in [5, 5.41) is 0. The van der Waals surface area contributed by atoms with Gasteiger partial charge in [-0.2, -0.15) is 0 Å². The van der Waals surface area contributed by atoms with Crippen LogP contribution in [0.5, 0.6) is 5.75 Å². The maximum absolute atomic E-state index is 12.6. The monoisotopic (exact) mass is 196 g/mol. The van der Waals surface area contributed by atoms with Gasteiger partial charge in [-0.3, -0.25) is 0 Å². The van der Waals surface area contributed by atoms with Gasteiger partial charge in [-0.05, 0) is 38.1 Å². The molecule has 1 aliphatic rings. The lowest BCUT2D eigenvalue weighted by molar-refractivity contribution is 0.0743. The van der Waals surface area contributed by atoms with Crippen LogP contribution in [0, 0.1) is 5.82 Å². The number of ether oxygens (including phenoxy) is 2. The fourth-order valence-electron chi connectivity index (χ4n) is 1.32. The van der Waals surface area contributed by atoms with Crippen molar-refractivity contribution in [2.45, 2.75) is 25.6 Å². The number of hydrogen-bond donors (Lipinski definition) is 0. The Morgan fingerprint density at radius 3 is 2.43 bits per heavy atom. The molecular weight excluding hydrogens is 183 g/mol. The van der Waals surface area contributed by atoms with Crippen molar-refractivity contribution in [2.24, 2.45) is 0 Å². The molecule has 0 saturated carbocycles. The zero-order chi connectivity index (χ0) is 10.2. The predicted molar refractivity (Wildman–Crippen MR) is 50.8 cm³/mol. The van der Waals surface area contributed by atoms with Crippen molar-refractivity contribution < 1.29 is 13.9 Å². The summed E-state index contributed by atoms with van der Waals surface area (Å²) in [5.74, 6) is 0.421. The Hall–Kier alpha value is -1.09. The molecule has 1 saturated heterocycles. The molecule has 2 nitrogen and oxygen atoms in total. The Morgan fingerprint density at radius 2 is 1.93 bits per heavy atom. The average Bonchev–Trinajstić information content (AvgIpc) is 2.91. The second kappa shape index (κ2) is 3.24. The zero-order valence-corrected chi connectivity index (χ0v) is 8.29. The Balaban J connectivity index is 2.06. The predicted octanol–water partition coefficient (Wildman–Crippen LogP) is 2.38. The van der Waals surface area contributed by atoms with E-state index in [2.05, 4.69) is 0 Å². The summed E-state index contributed by atoms with van der Waals surface area (Å²) >= 11 is 0. The summed E-state index contributed by atoms with van der Waals surface area (Å²) < 4.78 is 23.5. The van der Waals surface area contributed by atoms with Crippen LogP contribution in [0.4, 0.5) is 4.39 Å². The molecule has 0 radical (unpaired) electrons. The highest BCUT2D eigenvalue weighted by atomic mass is 19.1. The third-order valence-electron chi connectivity index (χ3n) is 2.30. The van der Waals surface area contributed by atoms with E-state index in [4.69, 9.17) is 9.47 Å². The summed E-state index contributed by atoms with van der Waals surface area (Å²) in [4.78, 5) is 0. The first-order valence-electron chi connectivity index (χ1n) is 4.64. The van der Waals surface area contributed by atoms with Gasteiger partial charge in [0.2, 0.25) is 0 Å². The largest absolute Gasteiger partial charge is 0.485 e. The van der Waals surface area contributed by atoms with Crippen LogP contribution in [0.3, 0.4) is 0 Å². The third-order valence-corrected chi connectivity index (χ3v) is 2.30. The first-order chi connectivity index (χ1) is 6.58. The van der Waals surface area contributed by atoms with Gasteiger partial charge in [0.05, 0.1) is 6.61 Å². The lowest BCUT2D eigenvalue weighted by Crippen LogP contribution is -2.34. The fourth-order valence-corrected chi connectivity index (χ4v) is 1.32. The zero-order valence-electron chi connectivity index (χ0n) is 8.29.